The van der Waals surface area contributed by atoms with Gasteiger partial charge >= 0.3 is 0 Å². The highest BCUT2D eigenvalue weighted by molar-refractivity contribution is 5.95. The zero-order chi connectivity index (χ0) is 21.3. The number of benzene rings is 2. The van der Waals surface area contributed by atoms with Crippen molar-refractivity contribution in [1.82, 2.24) is 15.3 Å². The second-order valence-corrected chi connectivity index (χ2v) is 6.43. The third-order valence-electron chi connectivity index (χ3n) is 4.16. The van der Waals surface area contributed by atoms with Gasteiger partial charge < -0.3 is 20.7 Å². The standard InChI is InChI=1S/C23H24N5O2/c1-4-13-30-19-10-9-16(3)20(15-19)27-21-11-12-25-23(28-21)26-18-8-6-7-17(14-18)22(29)24-5-2/h4,6-12,14-15H,1-2,5,13H2,3H3,(H,24,29)(H2,25,26,27,28). The van der Waals surface area contributed by atoms with E-state index in [0.29, 0.717) is 36.2 Å². The summed E-state index contributed by atoms with van der Waals surface area (Å²) in [6.45, 7) is 10.1. The molecular weight excluding hydrogens is 378 g/mol. The SMILES string of the molecule is [CH2]CNC(=O)c1cccc(Nc2nccc(Nc3cc(OCC=C)ccc3C)n2)c1. The normalized spacial score (nSPS) is 10.2. The molecule has 1 heterocycles. The van der Waals surface area contributed by atoms with Crippen LogP contribution in [0.4, 0.5) is 23.1 Å². The second kappa shape index (κ2) is 10.1. The average molecular weight is 402 g/mol. The number of nitrogens with zero attached hydrogens (tertiary/aromatic N) is 2. The molecule has 0 aliphatic rings. The molecule has 7 heteroatoms. The maximum atomic E-state index is 12.0. The van der Waals surface area contributed by atoms with Gasteiger partial charge in [-0.05, 0) is 49.7 Å². The summed E-state index contributed by atoms with van der Waals surface area (Å²) < 4.78 is 5.60. The number of hydrogen-bond donors (Lipinski definition) is 3. The molecule has 3 rings (SSSR count). The van der Waals surface area contributed by atoms with E-state index in [1.54, 1.807) is 36.5 Å². The van der Waals surface area contributed by atoms with E-state index < -0.39 is 0 Å². The third-order valence-corrected chi connectivity index (χ3v) is 4.16. The van der Waals surface area contributed by atoms with Gasteiger partial charge in [0.05, 0.1) is 0 Å². The Morgan fingerprint density at radius 2 is 2.03 bits per heavy atom. The first-order valence-electron chi connectivity index (χ1n) is 9.48. The number of carbonyl (C=O) groups is 1. The molecular formula is C23H24N5O2. The van der Waals surface area contributed by atoms with Gasteiger partial charge in [0.15, 0.2) is 0 Å². The summed E-state index contributed by atoms with van der Waals surface area (Å²) in [5.74, 6) is 1.60. The number of anilines is 4. The lowest BCUT2D eigenvalue weighted by molar-refractivity contribution is 0.0958. The quantitative estimate of drug-likeness (QED) is 0.460. The molecule has 1 radical (unpaired) electrons. The molecule has 0 atom stereocenters. The second-order valence-electron chi connectivity index (χ2n) is 6.43. The monoisotopic (exact) mass is 402 g/mol. The number of hydrogen-bond acceptors (Lipinski definition) is 6. The number of aromatic nitrogens is 2. The predicted octanol–water partition coefficient (Wildman–Crippen LogP) is 4.40. The van der Waals surface area contributed by atoms with Crippen molar-refractivity contribution in [2.24, 2.45) is 0 Å². The van der Waals surface area contributed by atoms with Gasteiger partial charge in [0.25, 0.3) is 5.91 Å². The molecule has 30 heavy (non-hydrogen) atoms. The summed E-state index contributed by atoms with van der Waals surface area (Å²) in [6, 6.07) is 14.7. The van der Waals surface area contributed by atoms with Crippen LogP contribution in [0.25, 0.3) is 0 Å². The summed E-state index contributed by atoms with van der Waals surface area (Å²) in [7, 11) is 0. The number of rotatable bonds is 9. The van der Waals surface area contributed by atoms with E-state index in [4.69, 9.17) is 4.74 Å². The molecule has 153 valence electrons. The fourth-order valence-electron chi connectivity index (χ4n) is 2.69. The number of aryl methyl sites for hydroxylation is 1. The topological polar surface area (TPSA) is 88.2 Å². The van der Waals surface area contributed by atoms with Crippen molar-refractivity contribution in [2.45, 2.75) is 6.92 Å². The smallest absolute Gasteiger partial charge is 0.251 e. The van der Waals surface area contributed by atoms with E-state index in [1.807, 2.05) is 31.2 Å². The fraction of sp³-hybridized carbons (Fsp3) is 0.130. The predicted molar refractivity (Wildman–Crippen MR) is 120 cm³/mol. The molecule has 0 bridgehead atoms. The lowest BCUT2D eigenvalue weighted by Crippen LogP contribution is -2.22. The Balaban J connectivity index is 1.75. The Morgan fingerprint density at radius 3 is 2.83 bits per heavy atom. The van der Waals surface area contributed by atoms with Crippen molar-refractivity contribution in [3.63, 3.8) is 0 Å². The number of nitrogens with one attached hydrogen (secondary N) is 3. The van der Waals surface area contributed by atoms with Gasteiger partial charge in [0, 0.05) is 35.7 Å². The molecule has 1 aromatic heterocycles. The van der Waals surface area contributed by atoms with E-state index in [0.717, 1.165) is 17.0 Å². The van der Waals surface area contributed by atoms with Crippen molar-refractivity contribution in [2.75, 3.05) is 23.8 Å². The largest absolute Gasteiger partial charge is 0.489 e. The third kappa shape index (κ3) is 5.57. The van der Waals surface area contributed by atoms with Gasteiger partial charge in [-0.1, -0.05) is 24.8 Å². The van der Waals surface area contributed by atoms with Crippen LogP contribution in [0.2, 0.25) is 0 Å². The van der Waals surface area contributed by atoms with Crippen LogP contribution in [0.1, 0.15) is 15.9 Å². The van der Waals surface area contributed by atoms with Gasteiger partial charge in [-0.15, -0.1) is 0 Å². The van der Waals surface area contributed by atoms with Crippen LogP contribution in [-0.2, 0) is 0 Å². The van der Waals surface area contributed by atoms with Crippen molar-refractivity contribution in [3.05, 3.63) is 85.4 Å². The molecule has 0 aliphatic heterocycles. The van der Waals surface area contributed by atoms with Gasteiger partial charge in [0.1, 0.15) is 18.2 Å². The molecule has 1 amide bonds. The molecule has 0 saturated carbocycles. The van der Waals surface area contributed by atoms with Crippen molar-refractivity contribution >= 4 is 29.0 Å². The van der Waals surface area contributed by atoms with Crippen LogP contribution in [0.5, 0.6) is 5.75 Å². The minimum atomic E-state index is -0.181. The van der Waals surface area contributed by atoms with Crippen LogP contribution < -0.4 is 20.7 Å². The van der Waals surface area contributed by atoms with Crippen LogP contribution in [-0.4, -0.2) is 29.0 Å². The van der Waals surface area contributed by atoms with E-state index in [1.165, 1.54) is 0 Å². The Kier molecular flexibility index (Phi) is 7.00. The van der Waals surface area contributed by atoms with E-state index in [-0.39, 0.29) is 5.91 Å². The average Bonchev–Trinajstić information content (AvgIpc) is 2.75. The summed E-state index contributed by atoms with van der Waals surface area (Å²) >= 11 is 0. The minimum Gasteiger partial charge on any atom is -0.489 e. The molecule has 2 aromatic carbocycles. The fourth-order valence-corrected chi connectivity index (χ4v) is 2.69. The Morgan fingerprint density at radius 1 is 1.17 bits per heavy atom. The van der Waals surface area contributed by atoms with E-state index >= 15 is 0 Å². The summed E-state index contributed by atoms with van der Waals surface area (Å²) in [6.07, 6.45) is 3.36. The molecule has 3 N–H and O–H groups in total. The Bertz CT molecular complexity index is 1040. The van der Waals surface area contributed by atoms with E-state index in [9.17, 15) is 4.79 Å². The number of ether oxygens (including phenoxy) is 1. The maximum Gasteiger partial charge on any atom is 0.251 e. The lowest BCUT2D eigenvalue weighted by Gasteiger charge is -2.12. The maximum absolute atomic E-state index is 12.0. The summed E-state index contributed by atoms with van der Waals surface area (Å²) in [5, 5.41) is 9.10. The first-order chi connectivity index (χ1) is 14.6. The first-order valence-corrected chi connectivity index (χ1v) is 9.48. The lowest BCUT2D eigenvalue weighted by atomic mass is 10.2. The molecule has 0 aliphatic carbocycles. The summed E-state index contributed by atoms with van der Waals surface area (Å²) in [4.78, 5) is 20.8. The molecule has 7 nitrogen and oxygen atoms in total. The van der Waals surface area contributed by atoms with Gasteiger partial charge in [-0.25, -0.2) is 4.98 Å². The summed E-state index contributed by atoms with van der Waals surface area (Å²) in [5.41, 5.74) is 3.18. The van der Waals surface area contributed by atoms with Crippen LogP contribution in [0, 0.1) is 13.8 Å². The highest BCUT2D eigenvalue weighted by Gasteiger charge is 2.07. The van der Waals surface area contributed by atoms with Crippen molar-refractivity contribution < 1.29 is 9.53 Å². The molecule has 0 fully saturated rings. The minimum absolute atomic E-state index is 0.181. The zero-order valence-corrected chi connectivity index (χ0v) is 16.8. The Hall–Kier alpha value is -3.87. The zero-order valence-electron chi connectivity index (χ0n) is 16.8. The van der Waals surface area contributed by atoms with Gasteiger partial charge in [-0.3, -0.25) is 4.79 Å². The highest BCUT2D eigenvalue weighted by Crippen LogP contribution is 2.25. The molecule has 0 saturated heterocycles. The van der Waals surface area contributed by atoms with Crippen molar-refractivity contribution in [1.29, 1.82) is 0 Å². The van der Waals surface area contributed by atoms with Crippen LogP contribution in [0.15, 0.2) is 67.4 Å². The van der Waals surface area contributed by atoms with Gasteiger partial charge in [0.2, 0.25) is 5.95 Å². The number of carbonyl (C=O) groups excluding carboxylic acids is 1. The molecule has 0 unspecified atom stereocenters. The van der Waals surface area contributed by atoms with Crippen LogP contribution >= 0.6 is 0 Å². The number of amides is 1. The highest BCUT2D eigenvalue weighted by atomic mass is 16.5. The van der Waals surface area contributed by atoms with Crippen LogP contribution in [0.3, 0.4) is 0 Å². The van der Waals surface area contributed by atoms with Crippen molar-refractivity contribution in [3.8, 4) is 5.75 Å². The molecule has 0 spiro atoms. The first kappa shape index (κ1) is 20.9. The Labute approximate surface area is 176 Å². The van der Waals surface area contributed by atoms with E-state index in [2.05, 4.69) is 39.4 Å². The molecule has 3 aromatic rings. The van der Waals surface area contributed by atoms with Gasteiger partial charge in [-0.2, -0.15) is 4.98 Å².